The smallest absolute Gasteiger partial charge is 0.406 e. The number of benzene rings is 3. The predicted molar refractivity (Wildman–Crippen MR) is 109 cm³/mol. The minimum atomic E-state index is -4.67. The Hall–Kier alpha value is -3.05. The molecule has 0 N–H and O–H groups in total. The Labute approximate surface area is 168 Å². The quantitative estimate of drug-likeness (QED) is 0.442. The van der Waals surface area contributed by atoms with E-state index in [0.717, 1.165) is 18.7 Å². The zero-order valence-electron chi connectivity index (χ0n) is 15.8. The van der Waals surface area contributed by atoms with E-state index in [9.17, 15) is 13.2 Å². The number of rotatable bonds is 8. The summed E-state index contributed by atoms with van der Waals surface area (Å²) in [5, 5.41) is 0. The molecule has 29 heavy (non-hydrogen) atoms. The molecule has 0 atom stereocenters. The van der Waals surface area contributed by atoms with Crippen LogP contribution in [0.4, 0.5) is 13.2 Å². The summed E-state index contributed by atoms with van der Waals surface area (Å²) in [5.74, 6) is -0.218. The third kappa shape index (κ3) is 7.47. The van der Waals surface area contributed by atoms with Gasteiger partial charge in [0, 0.05) is 19.6 Å². The van der Waals surface area contributed by atoms with Crippen LogP contribution in [0.25, 0.3) is 6.08 Å². The van der Waals surface area contributed by atoms with Gasteiger partial charge < -0.3 is 4.74 Å². The second-order valence-corrected chi connectivity index (χ2v) is 6.66. The van der Waals surface area contributed by atoms with Gasteiger partial charge in [-0.2, -0.15) is 0 Å². The van der Waals surface area contributed by atoms with Gasteiger partial charge in [-0.1, -0.05) is 84.9 Å². The van der Waals surface area contributed by atoms with Gasteiger partial charge >= 0.3 is 6.36 Å². The summed E-state index contributed by atoms with van der Waals surface area (Å²) >= 11 is 0. The fourth-order valence-electron chi connectivity index (χ4n) is 2.99. The summed E-state index contributed by atoms with van der Waals surface area (Å²) in [6.07, 6.45) is -0.751. The number of ether oxygens (including phenoxy) is 1. The molecule has 0 heterocycles. The van der Waals surface area contributed by atoms with E-state index >= 15 is 0 Å². The second kappa shape index (κ2) is 9.94. The SMILES string of the molecule is FC(F)(F)Oc1ccc(/C=C\CN(Cc2ccccc2)Cc2ccccc2)cc1. The van der Waals surface area contributed by atoms with E-state index in [-0.39, 0.29) is 5.75 Å². The normalized spacial score (nSPS) is 11.9. The Morgan fingerprint density at radius 1 is 0.724 bits per heavy atom. The van der Waals surface area contributed by atoms with Crippen LogP contribution in [0.5, 0.6) is 5.75 Å². The van der Waals surface area contributed by atoms with Crippen LogP contribution in [0.2, 0.25) is 0 Å². The van der Waals surface area contributed by atoms with Crippen LogP contribution in [0.15, 0.2) is 91.0 Å². The van der Waals surface area contributed by atoms with Crippen molar-refractivity contribution in [3.05, 3.63) is 108 Å². The molecule has 0 saturated carbocycles. The van der Waals surface area contributed by atoms with E-state index in [1.807, 2.05) is 48.6 Å². The van der Waals surface area contributed by atoms with Crippen LogP contribution >= 0.6 is 0 Å². The van der Waals surface area contributed by atoms with Crippen LogP contribution in [0, 0.1) is 0 Å². The monoisotopic (exact) mass is 397 g/mol. The molecule has 2 nitrogen and oxygen atoms in total. The van der Waals surface area contributed by atoms with Crippen molar-refractivity contribution in [2.75, 3.05) is 6.54 Å². The van der Waals surface area contributed by atoms with Crippen LogP contribution in [0.1, 0.15) is 16.7 Å². The Balaban J connectivity index is 1.64. The number of halogens is 3. The van der Waals surface area contributed by atoms with Crippen molar-refractivity contribution in [3.8, 4) is 5.75 Å². The maximum absolute atomic E-state index is 12.2. The molecule has 0 fully saturated rings. The number of hydrogen-bond acceptors (Lipinski definition) is 2. The molecule has 0 amide bonds. The lowest BCUT2D eigenvalue weighted by atomic mass is 10.1. The van der Waals surface area contributed by atoms with E-state index < -0.39 is 6.36 Å². The lowest BCUT2D eigenvalue weighted by Crippen LogP contribution is -2.22. The van der Waals surface area contributed by atoms with E-state index in [4.69, 9.17) is 0 Å². The molecule has 3 aromatic rings. The van der Waals surface area contributed by atoms with E-state index in [2.05, 4.69) is 33.9 Å². The molecule has 0 aliphatic rings. The first-order valence-corrected chi connectivity index (χ1v) is 9.30. The Bertz CT molecular complexity index is 849. The zero-order chi connectivity index (χ0) is 20.5. The molecule has 0 aliphatic carbocycles. The highest BCUT2D eigenvalue weighted by molar-refractivity contribution is 5.50. The lowest BCUT2D eigenvalue weighted by Gasteiger charge is -2.21. The third-order valence-electron chi connectivity index (χ3n) is 4.29. The molecule has 0 saturated heterocycles. The minimum absolute atomic E-state index is 0.218. The first-order valence-electron chi connectivity index (χ1n) is 9.30. The maximum atomic E-state index is 12.2. The third-order valence-corrected chi connectivity index (χ3v) is 4.29. The van der Waals surface area contributed by atoms with E-state index in [1.54, 1.807) is 12.1 Å². The van der Waals surface area contributed by atoms with E-state index in [1.165, 1.54) is 23.3 Å². The molecule has 0 aromatic heterocycles. The Kier molecular flexibility index (Phi) is 7.09. The van der Waals surface area contributed by atoms with Gasteiger partial charge in [-0.3, -0.25) is 4.90 Å². The predicted octanol–water partition coefficient (Wildman–Crippen LogP) is 6.30. The van der Waals surface area contributed by atoms with Crippen molar-refractivity contribution >= 4 is 6.08 Å². The van der Waals surface area contributed by atoms with Crippen molar-refractivity contribution in [1.29, 1.82) is 0 Å². The van der Waals surface area contributed by atoms with Crippen molar-refractivity contribution < 1.29 is 17.9 Å². The minimum Gasteiger partial charge on any atom is -0.406 e. The van der Waals surface area contributed by atoms with Crippen molar-refractivity contribution in [1.82, 2.24) is 4.90 Å². The largest absolute Gasteiger partial charge is 0.573 e. The molecule has 150 valence electrons. The molecule has 0 aliphatic heterocycles. The van der Waals surface area contributed by atoms with Crippen LogP contribution in [-0.4, -0.2) is 17.8 Å². The maximum Gasteiger partial charge on any atom is 0.573 e. The summed E-state index contributed by atoms with van der Waals surface area (Å²) in [6.45, 7) is 2.32. The molecule has 0 unspecified atom stereocenters. The van der Waals surface area contributed by atoms with Gasteiger partial charge in [-0.05, 0) is 28.8 Å². The van der Waals surface area contributed by atoms with Gasteiger partial charge in [0.2, 0.25) is 0 Å². The Morgan fingerprint density at radius 2 is 1.24 bits per heavy atom. The van der Waals surface area contributed by atoms with Crippen molar-refractivity contribution in [3.63, 3.8) is 0 Å². The summed E-state index contributed by atoms with van der Waals surface area (Å²) in [6, 6.07) is 26.3. The molecule has 5 heteroatoms. The fourth-order valence-corrected chi connectivity index (χ4v) is 2.99. The molecule has 0 bridgehead atoms. The summed E-state index contributed by atoms with van der Waals surface area (Å²) in [7, 11) is 0. The van der Waals surface area contributed by atoms with Crippen molar-refractivity contribution in [2.24, 2.45) is 0 Å². The lowest BCUT2D eigenvalue weighted by molar-refractivity contribution is -0.274. The summed E-state index contributed by atoms with van der Waals surface area (Å²) in [5.41, 5.74) is 3.27. The molecular weight excluding hydrogens is 375 g/mol. The van der Waals surface area contributed by atoms with Gasteiger partial charge in [0.05, 0.1) is 0 Å². The molecule has 3 rings (SSSR count). The highest BCUT2D eigenvalue weighted by Crippen LogP contribution is 2.23. The average Bonchev–Trinajstić information content (AvgIpc) is 2.70. The summed E-state index contributed by atoms with van der Waals surface area (Å²) in [4.78, 5) is 2.31. The van der Waals surface area contributed by atoms with Crippen LogP contribution in [0.3, 0.4) is 0 Å². The standard InChI is InChI=1S/C24H22F3NO/c25-24(26,27)29-23-15-13-20(14-16-23)12-7-17-28(18-21-8-3-1-4-9-21)19-22-10-5-2-6-11-22/h1-16H,17-19H2/b12-7-. The molecular formula is C24H22F3NO. The topological polar surface area (TPSA) is 12.5 Å². The van der Waals surface area contributed by atoms with Gasteiger partial charge in [-0.15, -0.1) is 13.2 Å². The zero-order valence-corrected chi connectivity index (χ0v) is 15.8. The second-order valence-electron chi connectivity index (χ2n) is 6.66. The van der Waals surface area contributed by atoms with Gasteiger partial charge in [0.15, 0.2) is 0 Å². The van der Waals surface area contributed by atoms with Gasteiger partial charge in [0.1, 0.15) is 5.75 Å². The van der Waals surface area contributed by atoms with Gasteiger partial charge in [-0.25, -0.2) is 0 Å². The summed E-state index contributed by atoms with van der Waals surface area (Å²) < 4.78 is 40.6. The fraction of sp³-hybridized carbons (Fsp3) is 0.167. The first kappa shape index (κ1) is 20.7. The number of alkyl halides is 3. The number of nitrogens with zero attached hydrogens (tertiary/aromatic N) is 1. The van der Waals surface area contributed by atoms with Gasteiger partial charge in [0.25, 0.3) is 0 Å². The van der Waals surface area contributed by atoms with Crippen molar-refractivity contribution in [2.45, 2.75) is 19.5 Å². The molecule has 3 aromatic carbocycles. The number of hydrogen-bond donors (Lipinski definition) is 0. The molecule has 0 radical (unpaired) electrons. The van der Waals surface area contributed by atoms with Crippen LogP contribution < -0.4 is 4.74 Å². The highest BCUT2D eigenvalue weighted by Gasteiger charge is 2.30. The van der Waals surface area contributed by atoms with Crippen LogP contribution in [-0.2, 0) is 13.1 Å². The van der Waals surface area contributed by atoms with E-state index in [0.29, 0.717) is 6.54 Å². The molecule has 0 spiro atoms. The Morgan fingerprint density at radius 3 is 1.72 bits per heavy atom. The highest BCUT2D eigenvalue weighted by atomic mass is 19.4. The first-order chi connectivity index (χ1) is 14.0. The average molecular weight is 397 g/mol.